The second-order valence-corrected chi connectivity index (χ2v) is 4.28. The molecule has 1 unspecified atom stereocenters. The summed E-state index contributed by atoms with van der Waals surface area (Å²) in [6.07, 6.45) is 9.80. The summed E-state index contributed by atoms with van der Waals surface area (Å²) in [6.45, 7) is 2.63. The van der Waals surface area contributed by atoms with E-state index in [1.807, 2.05) is 0 Å². The largest absolute Gasteiger partial charge is 0.694 e. The summed E-state index contributed by atoms with van der Waals surface area (Å²) in [7, 11) is -2.38. The topological polar surface area (TPSA) is 46.5 Å². The van der Waals surface area contributed by atoms with Crippen LogP contribution in [0.15, 0.2) is 0 Å². The van der Waals surface area contributed by atoms with Gasteiger partial charge in [0.15, 0.2) is 0 Å². The average Bonchev–Trinajstić information content (AvgIpc) is 2.15. The summed E-state index contributed by atoms with van der Waals surface area (Å²) >= 11 is 0. The van der Waals surface area contributed by atoms with Crippen LogP contribution >= 0.6 is 8.25 Å². The van der Waals surface area contributed by atoms with Crippen molar-refractivity contribution in [2.75, 3.05) is 6.61 Å². The van der Waals surface area contributed by atoms with Crippen molar-refractivity contribution in [3.05, 3.63) is 0 Å². The molecule has 0 spiro atoms. The van der Waals surface area contributed by atoms with Gasteiger partial charge in [-0.05, 0) is 6.42 Å². The molecular weight excluding hydrogens is 255 g/mol. The fourth-order valence-corrected chi connectivity index (χ4v) is 1.66. The zero-order valence-electron chi connectivity index (χ0n) is 9.43. The van der Waals surface area contributed by atoms with Crippen molar-refractivity contribution < 1.29 is 31.1 Å². The third kappa shape index (κ3) is 17.2. The van der Waals surface area contributed by atoms with E-state index >= 15 is 0 Å². The van der Waals surface area contributed by atoms with Crippen molar-refractivity contribution in [2.45, 2.75) is 58.3 Å². The average molecular weight is 277 g/mol. The number of hydrogen-bond donors (Lipinski definition) is 1. The van der Waals surface area contributed by atoms with E-state index in [1.165, 1.54) is 38.5 Å². The molecule has 0 aromatic heterocycles. The minimum Gasteiger partial charge on any atom is -0.133 e. The van der Waals surface area contributed by atoms with Crippen LogP contribution in [0.4, 0.5) is 0 Å². The molecule has 0 fully saturated rings. The summed E-state index contributed by atoms with van der Waals surface area (Å²) in [5, 5.41) is 0. The standard InChI is InChI=1S/C10H21O3P.Fe/c1-2-3-4-5-6-7-8-9-10-13-14(11)12;/h2-10H2,1H3;/p+1. The van der Waals surface area contributed by atoms with Crippen LogP contribution in [0.25, 0.3) is 0 Å². The Labute approximate surface area is 104 Å². The molecule has 0 aliphatic carbocycles. The van der Waals surface area contributed by atoms with Crippen molar-refractivity contribution >= 4 is 8.25 Å². The van der Waals surface area contributed by atoms with E-state index in [1.54, 1.807) is 0 Å². The van der Waals surface area contributed by atoms with Crippen LogP contribution in [0, 0.1) is 0 Å². The molecule has 5 heteroatoms. The van der Waals surface area contributed by atoms with Gasteiger partial charge in [0.25, 0.3) is 0 Å². The van der Waals surface area contributed by atoms with Gasteiger partial charge in [-0.2, -0.15) is 0 Å². The minimum absolute atomic E-state index is 0. The van der Waals surface area contributed by atoms with E-state index in [0.29, 0.717) is 6.61 Å². The summed E-state index contributed by atoms with van der Waals surface area (Å²) in [4.78, 5) is 8.34. The van der Waals surface area contributed by atoms with Gasteiger partial charge in [-0.15, -0.1) is 9.42 Å². The van der Waals surface area contributed by atoms with Gasteiger partial charge in [0.2, 0.25) is 0 Å². The molecule has 1 atom stereocenters. The van der Waals surface area contributed by atoms with E-state index in [-0.39, 0.29) is 17.1 Å². The molecule has 0 aromatic carbocycles. The molecule has 0 heterocycles. The fourth-order valence-electron chi connectivity index (χ4n) is 1.38. The molecular formula is C10H22FeO3P+. The Morgan fingerprint density at radius 1 is 1.00 bits per heavy atom. The predicted molar refractivity (Wildman–Crippen MR) is 58.4 cm³/mol. The van der Waals surface area contributed by atoms with E-state index in [9.17, 15) is 4.57 Å². The Balaban J connectivity index is 0. The predicted octanol–water partition coefficient (Wildman–Crippen LogP) is 3.79. The molecule has 0 aliphatic rings. The Kier molecular flexibility index (Phi) is 17.4. The Morgan fingerprint density at radius 2 is 1.47 bits per heavy atom. The van der Waals surface area contributed by atoms with E-state index in [0.717, 1.165) is 12.8 Å². The minimum atomic E-state index is -2.38. The molecule has 0 saturated carbocycles. The van der Waals surface area contributed by atoms with E-state index in [2.05, 4.69) is 11.4 Å². The Hall–Kier alpha value is 0.539. The second kappa shape index (κ2) is 14.5. The van der Waals surface area contributed by atoms with Crippen molar-refractivity contribution in [3.63, 3.8) is 0 Å². The molecule has 0 bridgehead atoms. The van der Waals surface area contributed by atoms with Gasteiger partial charge in [0.1, 0.15) is 6.61 Å². The molecule has 0 amide bonds. The molecule has 0 rings (SSSR count). The maximum Gasteiger partial charge on any atom is 0.694 e. The van der Waals surface area contributed by atoms with Gasteiger partial charge in [0.05, 0.1) is 0 Å². The SMILES string of the molecule is CCCCCCCCCCO[P+](=O)O.[Fe]. The van der Waals surface area contributed by atoms with Crippen LogP contribution < -0.4 is 0 Å². The molecule has 0 radical (unpaired) electrons. The zero-order chi connectivity index (χ0) is 10.6. The van der Waals surface area contributed by atoms with Gasteiger partial charge in [-0.25, -0.2) is 0 Å². The van der Waals surface area contributed by atoms with Gasteiger partial charge in [-0.3, -0.25) is 0 Å². The van der Waals surface area contributed by atoms with Gasteiger partial charge in [0, 0.05) is 21.6 Å². The first-order valence-electron chi connectivity index (χ1n) is 5.56. The van der Waals surface area contributed by atoms with Crippen LogP contribution in [0.3, 0.4) is 0 Å². The van der Waals surface area contributed by atoms with Crippen molar-refractivity contribution in [1.82, 2.24) is 0 Å². The molecule has 0 aromatic rings. The smallest absolute Gasteiger partial charge is 0.133 e. The number of unbranched alkanes of at least 4 members (excludes halogenated alkanes) is 7. The van der Waals surface area contributed by atoms with Crippen molar-refractivity contribution in [1.29, 1.82) is 0 Å². The van der Waals surface area contributed by atoms with Gasteiger partial charge >= 0.3 is 8.25 Å². The number of hydrogen-bond acceptors (Lipinski definition) is 2. The van der Waals surface area contributed by atoms with Crippen LogP contribution in [-0.2, 0) is 26.2 Å². The first-order chi connectivity index (χ1) is 6.77. The maximum absolute atomic E-state index is 10.1. The van der Waals surface area contributed by atoms with Crippen LogP contribution in [0.1, 0.15) is 58.3 Å². The molecule has 0 saturated heterocycles. The molecule has 3 nitrogen and oxygen atoms in total. The van der Waals surface area contributed by atoms with Gasteiger partial charge < -0.3 is 0 Å². The van der Waals surface area contributed by atoms with Gasteiger partial charge in [-0.1, -0.05) is 51.9 Å². The molecule has 92 valence electrons. The summed E-state index contributed by atoms with van der Waals surface area (Å²) in [5.41, 5.74) is 0. The Bertz CT molecular complexity index is 145. The monoisotopic (exact) mass is 277 g/mol. The quantitative estimate of drug-likeness (QED) is 0.375. The maximum atomic E-state index is 10.1. The van der Waals surface area contributed by atoms with E-state index in [4.69, 9.17) is 4.89 Å². The summed E-state index contributed by atoms with van der Waals surface area (Å²) < 4.78 is 14.7. The molecule has 1 N–H and O–H groups in total. The molecule has 0 aliphatic heterocycles. The number of rotatable bonds is 10. The second-order valence-electron chi connectivity index (χ2n) is 3.55. The summed E-state index contributed by atoms with van der Waals surface area (Å²) in [6, 6.07) is 0. The fraction of sp³-hybridized carbons (Fsp3) is 1.00. The molecule has 15 heavy (non-hydrogen) atoms. The van der Waals surface area contributed by atoms with Crippen LogP contribution in [0.5, 0.6) is 0 Å². The van der Waals surface area contributed by atoms with Crippen LogP contribution in [-0.4, -0.2) is 11.5 Å². The van der Waals surface area contributed by atoms with Crippen molar-refractivity contribution in [3.8, 4) is 0 Å². The third-order valence-corrected chi connectivity index (χ3v) is 2.60. The summed E-state index contributed by atoms with van der Waals surface area (Å²) in [5.74, 6) is 0. The third-order valence-electron chi connectivity index (χ3n) is 2.20. The van der Waals surface area contributed by atoms with Crippen molar-refractivity contribution in [2.24, 2.45) is 0 Å². The first kappa shape index (κ1) is 17.9. The zero-order valence-corrected chi connectivity index (χ0v) is 11.4. The van der Waals surface area contributed by atoms with E-state index < -0.39 is 8.25 Å². The normalized spacial score (nSPS) is 10.9. The first-order valence-corrected chi connectivity index (χ1v) is 6.69. The van der Waals surface area contributed by atoms with Crippen LogP contribution in [0.2, 0.25) is 0 Å². The Morgan fingerprint density at radius 3 is 1.93 bits per heavy atom.